The molecule has 0 N–H and O–H groups in total. The van der Waals surface area contributed by atoms with Gasteiger partial charge in [0.25, 0.3) is 0 Å². The molecule has 9 heteroatoms. The van der Waals surface area contributed by atoms with Gasteiger partial charge in [0.2, 0.25) is 11.0 Å². The molecule has 0 aliphatic carbocycles. The van der Waals surface area contributed by atoms with Gasteiger partial charge in [-0.3, -0.25) is 9.88 Å². The molecule has 24 heavy (non-hydrogen) atoms. The van der Waals surface area contributed by atoms with Crippen LogP contribution in [-0.2, 0) is 6.54 Å². The maximum absolute atomic E-state index is 5.19. The van der Waals surface area contributed by atoms with Gasteiger partial charge < -0.3 is 9.42 Å². The number of hydrogen-bond donors (Lipinski definition) is 0. The van der Waals surface area contributed by atoms with E-state index in [4.69, 9.17) is 4.52 Å². The smallest absolute Gasteiger partial charge is 0.240 e. The predicted molar refractivity (Wildman–Crippen MR) is 89.7 cm³/mol. The summed E-state index contributed by atoms with van der Waals surface area (Å²) >= 11 is 1.58. The zero-order valence-corrected chi connectivity index (χ0v) is 14.1. The van der Waals surface area contributed by atoms with E-state index in [2.05, 4.69) is 35.1 Å². The third kappa shape index (κ3) is 3.26. The van der Waals surface area contributed by atoms with Gasteiger partial charge in [-0.25, -0.2) is 0 Å². The fraction of sp³-hybridized carbons (Fsp3) is 0.400. The molecule has 0 saturated carbocycles. The minimum Gasteiger partial charge on any atom is -0.344 e. The molecule has 0 bridgehead atoms. The van der Waals surface area contributed by atoms with E-state index in [9.17, 15) is 0 Å². The van der Waals surface area contributed by atoms with Crippen molar-refractivity contribution >= 4 is 16.5 Å². The molecule has 0 aromatic carbocycles. The summed E-state index contributed by atoms with van der Waals surface area (Å²) in [7, 11) is 0. The Morgan fingerprint density at radius 2 is 2.04 bits per heavy atom. The number of aromatic nitrogens is 5. The fourth-order valence-electron chi connectivity index (χ4n) is 2.63. The Balaban J connectivity index is 1.37. The molecule has 0 unspecified atom stereocenters. The number of rotatable bonds is 4. The number of hydrogen-bond acceptors (Lipinski definition) is 9. The van der Waals surface area contributed by atoms with Crippen molar-refractivity contribution in [3.63, 3.8) is 0 Å². The quantitative estimate of drug-likeness (QED) is 0.706. The molecule has 1 aliphatic heterocycles. The topological polar surface area (TPSA) is 84.1 Å². The van der Waals surface area contributed by atoms with E-state index in [1.807, 2.05) is 25.1 Å². The van der Waals surface area contributed by atoms with E-state index in [-0.39, 0.29) is 0 Å². The maximum atomic E-state index is 5.19. The SMILES string of the molecule is Cc1noc(CN2CCN(c3nnc(-c4ccccn4)s3)CC2)n1. The van der Waals surface area contributed by atoms with Crippen molar-refractivity contribution in [2.45, 2.75) is 13.5 Å². The summed E-state index contributed by atoms with van der Waals surface area (Å²) in [6.07, 6.45) is 1.77. The Hall–Kier alpha value is -2.39. The Labute approximate surface area is 143 Å². The van der Waals surface area contributed by atoms with Gasteiger partial charge in [-0.15, -0.1) is 10.2 Å². The Morgan fingerprint density at radius 1 is 1.17 bits per heavy atom. The van der Waals surface area contributed by atoms with Crippen LogP contribution in [0.2, 0.25) is 0 Å². The number of nitrogens with zero attached hydrogens (tertiary/aromatic N) is 7. The highest BCUT2D eigenvalue weighted by Gasteiger charge is 2.22. The lowest BCUT2D eigenvalue weighted by atomic mass is 10.3. The van der Waals surface area contributed by atoms with Crippen LogP contribution in [-0.4, -0.2) is 56.4 Å². The summed E-state index contributed by atoms with van der Waals surface area (Å²) in [6.45, 7) is 6.21. The van der Waals surface area contributed by atoms with E-state index in [1.54, 1.807) is 17.5 Å². The molecule has 1 fully saturated rings. The van der Waals surface area contributed by atoms with Gasteiger partial charge in [-0.1, -0.05) is 22.6 Å². The van der Waals surface area contributed by atoms with Crippen molar-refractivity contribution in [3.8, 4) is 10.7 Å². The first-order chi connectivity index (χ1) is 11.8. The van der Waals surface area contributed by atoms with Gasteiger partial charge >= 0.3 is 0 Å². The lowest BCUT2D eigenvalue weighted by Gasteiger charge is -2.33. The zero-order valence-electron chi connectivity index (χ0n) is 13.3. The summed E-state index contributed by atoms with van der Waals surface area (Å²) in [4.78, 5) is 13.2. The van der Waals surface area contributed by atoms with Crippen LogP contribution in [0.1, 0.15) is 11.7 Å². The van der Waals surface area contributed by atoms with Gasteiger partial charge in [0, 0.05) is 32.4 Å². The minimum absolute atomic E-state index is 0.675. The van der Waals surface area contributed by atoms with Gasteiger partial charge in [0.05, 0.1) is 6.54 Å². The van der Waals surface area contributed by atoms with Crippen LogP contribution in [0.15, 0.2) is 28.9 Å². The molecule has 4 heterocycles. The molecule has 0 radical (unpaired) electrons. The lowest BCUT2D eigenvalue weighted by Crippen LogP contribution is -2.46. The van der Waals surface area contributed by atoms with Gasteiger partial charge in [0.15, 0.2) is 10.8 Å². The van der Waals surface area contributed by atoms with Crippen molar-refractivity contribution < 1.29 is 4.52 Å². The van der Waals surface area contributed by atoms with Crippen LogP contribution < -0.4 is 4.90 Å². The number of aryl methyl sites for hydroxylation is 1. The van der Waals surface area contributed by atoms with Crippen molar-refractivity contribution in [1.82, 2.24) is 30.2 Å². The first kappa shape index (κ1) is 15.2. The van der Waals surface area contributed by atoms with E-state index >= 15 is 0 Å². The third-order valence-electron chi connectivity index (χ3n) is 3.87. The summed E-state index contributed by atoms with van der Waals surface area (Å²) in [5.74, 6) is 1.36. The second-order valence-corrected chi connectivity index (χ2v) is 6.56. The summed E-state index contributed by atoms with van der Waals surface area (Å²) in [6, 6.07) is 5.81. The fourth-order valence-corrected chi connectivity index (χ4v) is 3.50. The molecule has 0 amide bonds. The van der Waals surface area contributed by atoms with Crippen molar-refractivity contribution in [2.24, 2.45) is 0 Å². The van der Waals surface area contributed by atoms with Crippen LogP contribution >= 0.6 is 11.3 Å². The van der Waals surface area contributed by atoms with E-state index in [0.29, 0.717) is 18.3 Å². The normalized spacial score (nSPS) is 15.8. The van der Waals surface area contributed by atoms with Gasteiger partial charge in [-0.2, -0.15) is 4.98 Å². The number of pyridine rings is 1. The summed E-state index contributed by atoms with van der Waals surface area (Å²) in [5, 5.41) is 14.2. The highest BCUT2D eigenvalue weighted by molar-refractivity contribution is 7.18. The van der Waals surface area contributed by atoms with E-state index in [1.165, 1.54) is 0 Å². The minimum atomic E-state index is 0.675. The first-order valence-electron chi connectivity index (χ1n) is 7.79. The van der Waals surface area contributed by atoms with E-state index < -0.39 is 0 Å². The lowest BCUT2D eigenvalue weighted by molar-refractivity contribution is 0.215. The van der Waals surface area contributed by atoms with Gasteiger partial charge in [0.1, 0.15) is 5.69 Å². The monoisotopic (exact) mass is 343 g/mol. The Kier molecular flexibility index (Phi) is 4.18. The zero-order chi connectivity index (χ0) is 16.4. The van der Waals surface area contributed by atoms with Crippen molar-refractivity contribution in [3.05, 3.63) is 36.1 Å². The standard InChI is InChI=1S/C15H17N7OS/c1-11-17-13(23-20-11)10-21-6-8-22(9-7-21)15-19-18-14(24-15)12-4-2-3-5-16-12/h2-5H,6-10H2,1H3. The molecule has 0 atom stereocenters. The highest BCUT2D eigenvalue weighted by atomic mass is 32.1. The summed E-state index contributed by atoms with van der Waals surface area (Å²) in [5.41, 5.74) is 0.867. The average Bonchev–Trinajstić information content (AvgIpc) is 3.26. The third-order valence-corrected chi connectivity index (χ3v) is 4.88. The first-order valence-corrected chi connectivity index (χ1v) is 8.61. The molecule has 4 rings (SSSR count). The molecule has 1 saturated heterocycles. The average molecular weight is 343 g/mol. The number of anilines is 1. The molecule has 3 aromatic rings. The van der Waals surface area contributed by atoms with E-state index in [0.717, 1.165) is 42.0 Å². The van der Waals surface area contributed by atoms with Crippen LogP contribution in [0.4, 0.5) is 5.13 Å². The number of piperazine rings is 1. The van der Waals surface area contributed by atoms with Crippen LogP contribution in [0.25, 0.3) is 10.7 Å². The highest BCUT2D eigenvalue weighted by Crippen LogP contribution is 2.27. The van der Waals surface area contributed by atoms with Crippen LogP contribution in [0.3, 0.4) is 0 Å². The Bertz CT molecular complexity index is 795. The molecule has 0 spiro atoms. The molecular weight excluding hydrogens is 326 g/mol. The van der Waals surface area contributed by atoms with Crippen molar-refractivity contribution in [1.29, 1.82) is 0 Å². The van der Waals surface area contributed by atoms with Gasteiger partial charge in [-0.05, 0) is 19.1 Å². The van der Waals surface area contributed by atoms with Crippen LogP contribution in [0.5, 0.6) is 0 Å². The largest absolute Gasteiger partial charge is 0.344 e. The second-order valence-electron chi connectivity index (χ2n) is 5.60. The molecule has 124 valence electrons. The molecule has 1 aliphatic rings. The molecular formula is C15H17N7OS. The van der Waals surface area contributed by atoms with Crippen molar-refractivity contribution in [2.75, 3.05) is 31.1 Å². The van der Waals surface area contributed by atoms with Crippen LogP contribution in [0, 0.1) is 6.92 Å². The molecule has 3 aromatic heterocycles. The predicted octanol–water partition coefficient (Wildman–Crippen LogP) is 1.61. The molecule has 8 nitrogen and oxygen atoms in total. The Morgan fingerprint density at radius 3 is 2.75 bits per heavy atom. The maximum Gasteiger partial charge on any atom is 0.240 e. The summed E-state index contributed by atoms with van der Waals surface area (Å²) < 4.78 is 5.19. The second kappa shape index (κ2) is 6.62.